The molecule has 1 aliphatic rings. The Morgan fingerprint density at radius 3 is 2.50 bits per heavy atom. The molecular weight excluding hydrogens is 102 g/mol. The molecule has 2 nitrogen and oxygen atoms in total. The molecular formula is C6H11NO. The van der Waals surface area contributed by atoms with E-state index in [1.165, 1.54) is 0 Å². The molecule has 0 aromatic heterocycles. The maximum absolute atomic E-state index is 10.7. The molecule has 0 bridgehead atoms. The zero-order valence-electron chi connectivity index (χ0n) is 5.35. The molecule has 1 heterocycles. The Bertz CT molecular complexity index is 111. The Balaban J connectivity index is 2.56. The van der Waals surface area contributed by atoms with Gasteiger partial charge in [-0.2, -0.15) is 0 Å². The minimum absolute atomic E-state index is 0.176. The van der Waals surface area contributed by atoms with Crippen LogP contribution in [0, 0.1) is 0 Å². The Labute approximate surface area is 49.5 Å². The van der Waals surface area contributed by atoms with Crippen molar-refractivity contribution in [3.05, 3.63) is 0 Å². The van der Waals surface area contributed by atoms with Gasteiger partial charge in [-0.1, -0.05) is 0 Å². The van der Waals surface area contributed by atoms with Crippen molar-refractivity contribution in [3.8, 4) is 0 Å². The first kappa shape index (κ1) is 5.76. The lowest BCUT2D eigenvalue weighted by Gasteiger charge is -2.10. The van der Waals surface area contributed by atoms with Gasteiger partial charge in [0.25, 0.3) is 0 Å². The highest BCUT2D eigenvalue weighted by molar-refractivity contribution is 5.85. The van der Waals surface area contributed by atoms with Crippen molar-refractivity contribution in [2.45, 2.75) is 19.4 Å². The van der Waals surface area contributed by atoms with Crippen LogP contribution in [0.25, 0.3) is 0 Å². The fraction of sp³-hybridized carbons (Fsp3) is 0.833. The molecule has 1 rings (SSSR count). The van der Waals surface area contributed by atoms with Crippen LogP contribution in [0.15, 0.2) is 0 Å². The normalized spacial score (nSPS) is 31.8. The van der Waals surface area contributed by atoms with E-state index in [0.717, 1.165) is 13.0 Å². The molecule has 0 N–H and O–H groups in total. The number of carbonyl (C=O) groups is 1. The van der Waals surface area contributed by atoms with Gasteiger partial charge in [0, 0.05) is 13.0 Å². The van der Waals surface area contributed by atoms with E-state index in [9.17, 15) is 4.79 Å². The van der Waals surface area contributed by atoms with Gasteiger partial charge in [0.2, 0.25) is 0 Å². The molecule has 1 fully saturated rings. The average Bonchev–Trinajstić information content (AvgIpc) is 1.98. The minimum Gasteiger partial charge on any atom is -0.298 e. The second-order valence-electron chi connectivity index (χ2n) is 2.37. The highest BCUT2D eigenvalue weighted by atomic mass is 16.1. The van der Waals surface area contributed by atoms with E-state index < -0.39 is 0 Å². The molecule has 1 saturated heterocycles. The lowest BCUT2D eigenvalue weighted by atomic mass is 10.2. The third-order valence-corrected chi connectivity index (χ3v) is 1.84. The number of likely N-dealkylation sites (N-methyl/N-ethyl adjacent to an activating group) is 1. The molecule has 0 saturated carbocycles. The monoisotopic (exact) mass is 113 g/mol. The van der Waals surface area contributed by atoms with Crippen molar-refractivity contribution < 1.29 is 4.79 Å². The Morgan fingerprint density at radius 2 is 2.38 bits per heavy atom. The zero-order chi connectivity index (χ0) is 6.15. The van der Waals surface area contributed by atoms with Crippen LogP contribution in [0.5, 0.6) is 0 Å². The number of carbonyl (C=O) groups excluding carboxylic acids is 1. The van der Waals surface area contributed by atoms with Gasteiger partial charge in [0.05, 0.1) is 6.04 Å². The predicted molar refractivity (Wildman–Crippen MR) is 31.7 cm³/mol. The summed E-state index contributed by atoms with van der Waals surface area (Å²) >= 11 is 0. The van der Waals surface area contributed by atoms with E-state index in [2.05, 4.69) is 4.90 Å². The van der Waals surface area contributed by atoms with Gasteiger partial charge in [-0.15, -0.1) is 0 Å². The van der Waals surface area contributed by atoms with Crippen molar-refractivity contribution in [2.75, 3.05) is 13.6 Å². The molecule has 0 amide bonds. The molecule has 8 heavy (non-hydrogen) atoms. The maximum atomic E-state index is 10.7. The van der Waals surface area contributed by atoms with Crippen LogP contribution in [0.3, 0.4) is 0 Å². The fourth-order valence-corrected chi connectivity index (χ4v) is 0.935. The lowest BCUT2D eigenvalue weighted by Crippen LogP contribution is -2.25. The van der Waals surface area contributed by atoms with Crippen LogP contribution in [0.2, 0.25) is 0 Å². The fourth-order valence-electron chi connectivity index (χ4n) is 0.935. The van der Waals surface area contributed by atoms with Crippen LogP contribution in [-0.2, 0) is 4.79 Å². The maximum Gasteiger partial charge on any atom is 0.150 e. The smallest absolute Gasteiger partial charge is 0.150 e. The summed E-state index contributed by atoms with van der Waals surface area (Å²) in [6.07, 6.45) is 0.748. The molecule has 46 valence electrons. The number of likely N-dealkylation sites (tertiary alicyclic amines) is 1. The summed E-state index contributed by atoms with van der Waals surface area (Å²) in [4.78, 5) is 12.8. The Kier molecular flexibility index (Phi) is 1.34. The molecule has 2 heteroatoms. The van der Waals surface area contributed by atoms with E-state index in [1.54, 1.807) is 0 Å². The van der Waals surface area contributed by atoms with Gasteiger partial charge in [-0.3, -0.25) is 9.69 Å². The highest BCUT2D eigenvalue weighted by Gasteiger charge is 2.24. The van der Waals surface area contributed by atoms with Crippen molar-refractivity contribution in [3.63, 3.8) is 0 Å². The molecule has 0 aromatic rings. The van der Waals surface area contributed by atoms with E-state index in [0.29, 0.717) is 5.78 Å². The summed E-state index contributed by atoms with van der Waals surface area (Å²) in [7, 11) is 1.98. The molecule has 1 atom stereocenters. The first-order chi connectivity index (χ1) is 3.72. The summed E-state index contributed by atoms with van der Waals surface area (Å²) in [6.45, 7) is 2.90. The van der Waals surface area contributed by atoms with E-state index >= 15 is 0 Å². The molecule has 1 aliphatic heterocycles. The second-order valence-corrected chi connectivity index (χ2v) is 2.37. The van der Waals surface area contributed by atoms with E-state index in [-0.39, 0.29) is 6.04 Å². The van der Waals surface area contributed by atoms with Crippen molar-refractivity contribution >= 4 is 5.78 Å². The zero-order valence-corrected chi connectivity index (χ0v) is 5.35. The second kappa shape index (κ2) is 1.86. The summed E-state index contributed by atoms with van der Waals surface area (Å²) in [5.74, 6) is 0.382. The molecule has 0 aliphatic carbocycles. The van der Waals surface area contributed by atoms with Gasteiger partial charge in [-0.25, -0.2) is 0 Å². The van der Waals surface area contributed by atoms with Crippen LogP contribution in [0.4, 0.5) is 0 Å². The van der Waals surface area contributed by atoms with Crippen molar-refractivity contribution in [2.24, 2.45) is 0 Å². The minimum atomic E-state index is 0.176. The molecule has 0 spiro atoms. The summed E-state index contributed by atoms with van der Waals surface area (Å²) in [5.41, 5.74) is 0. The number of rotatable bonds is 0. The van der Waals surface area contributed by atoms with Gasteiger partial charge < -0.3 is 0 Å². The molecule has 0 unspecified atom stereocenters. The third-order valence-electron chi connectivity index (χ3n) is 1.84. The Hall–Kier alpha value is -0.370. The van der Waals surface area contributed by atoms with Gasteiger partial charge in [-0.05, 0) is 14.0 Å². The highest BCUT2D eigenvalue weighted by Crippen LogP contribution is 2.08. The van der Waals surface area contributed by atoms with Crippen LogP contribution in [-0.4, -0.2) is 30.3 Å². The summed E-state index contributed by atoms with van der Waals surface area (Å²) < 4.78 is 0. The van der Waals surface area contributed by atoms with Gasteiger partial charge in [0.15, 0.2) is 5.78 Å². The summed E-state index contributed by atoms with van der Waals surface area (Å²) in [5, 5.41) is 0. The first-order valence-corrected chi connectivity index (χ1v) is 2.95. The quantitative estimate of drug-likeness (QED) is 0.449. The lowest BCUT2D eigenvalue weighted by molar-refractivity contribution is -0.119. The van der Waals surface area contributed by atoms with E-state index in [1.807, 2.05) is 14.0 Å². The SMILES string of the molecule is C[C@@H]1C(=O)CCN1C. The average molecular weight is 113 g/mol. The van der Waals surface area contributed by atoms with Crippen LogP contribution >= 0.6 is 0 Å². The number of nitrogens with zero attached hydrogens (tertiary/aromatic N) is 1. The number of hydrogen-bond donors (Lipinski definition) is 0. The number of Topliss-reactive ketones (excluding diaryl/α,β-unsaturated/α-hetero) is 1. The topological polar surface area (TPSA) is 20.3 Å². The number of ketones is 1. The predicted octanol–water partition coefficient (Wildman–Crippen LogP) is 0.280. The Morgan fingerprint density at radius 1 is 1.75 bits per heavy atom. The van der Waals surface area contributed by atoms with Crippen molar-refractivity contribution in [1.29, 1.82) is 0 Å². The van der Waals surface area contributed by atoms with Gasteiger partial charge >= 0.3 is 0 Å². The van der Waals surface area contributed by atoms with Crippen molar-refractivity contribution in [1.82, 2.24) is 4.90 Å². The third kappa shape index (κ3) is 0.757. The summed E-state index contributed by atoms with van der Waals surface area (Å²) in [6, 6.07) is 0.176. The van der Waals surface area contributed by atoms with Crippen LogP contribution in [0.1, 0.15) is 13.3 Å². The molecule has 0 aromatic carbocycles. The van der Waals surface area contributed by atoms with E-state index in [4.69, 9.17) is 0 Å². The largest absolute Gasteiger partial charge is 0.298 e. The standard InChI is InChI=1S/C6H11NO/c1-5-6(8)3-4-7(5)2/h5H,3-4H2,1-2H3/t5-/m1/s1. The number of hydrogen-bond acceptors (Lipinski definition) is 2. The molecule has 0 radical (unpaired) electrons. The van der Waals surface area contributed by atoms with Gasteiger partial charge in [0.1, 0.15) is 0 Å². The van der Waals surface area contributed by atoms with Crippen LogP contribution < -0.4 is 0 Å². The first-order valence-electron chi connectivity index (χ1n) is 2.95.